The second-order valence-electron chi connectivity index (χ2n) is 3.11. The first-order valence-corrected chi connectivity index (χ1v) is 4.59. The predicted octanol–water partition coefficient (Wildman–Crippen LogP) is 1.33. The topological polar surface area (TPSA) is 52.3 Å². The van der Waals surface area contributed by atoms with Gasteiger partial charge in [-0.25, -0.2) is 0 Å². The summed E-state index contributed by atoms with van der Waals surface area (Å²) in [5.74, 6) is 0.939. The minimum atomic E-state index is 0.124. The molecule has 3 heteroatoms. The molecule has 14 heavy (non-hydrogen) atoms. The summed E-state index contributed by atoms with van der Waals surface area (Å²) in [5, 5.41) is 0. The van der Waals surface area contributed by atoms with Crippen molar-refractivity contribution in [3.63, 3.8) is 0 Å². The molecule has 0 radical (unpaired) electrons. The van der Waals surface area contributed by atoms with Crippen LogP contribution in [-0.4, -0.2) is 19.9 Å². The molecule has 3 nitrogen and oxygen atoms in total. The van der Waals surface area contributed by atoms with E-state index < -0.39 is 0 Å². The van der Waals surface area contributed by atoms with Crippen LogP contribution in [-0.2, 0) is 4.79 Å². The Hall–Kier alpha value is -1.35. The monoisotopic (exact) mass is 193 g/mol. The number of aldehydes is 1. The maximum atomic E-state index is 10.4. The van der Waals surface area contributed by atoms with E-state index in [4.69, 9.17) is 10.5 Å². The van der Waals surface area contributed by atoms with E-state index in [-0.39, 0.29) is 5.92 Å². The molecule has 0 fully saturated rings. The molecule has 1 aromatic rings. The van der Waals surface area contributed by atoms with Gasteiger partial charge in [-0.1, -0.05) is 12.1 Å². The predicted molar refractivity (Wildman–Crippen MR) is 55.5 cm³/mol. The van der Waals surface area contributed by atoms with Crippen molar-refractivity contribution in [2.45, 2.75) is 12.3 Å². The van der Waals surface area contributed by atoms with Crippen molar-refractivity contribution < 1.29 is 9.53 Å². The highest BCUT2D eigenvalue weighted by molar-refractivity contribution is 5.52. The molecule has 0 bridgehead atoms. The van der Waals surface area contributed by atoms with Gasteiger partial charge in [0, 0.05) is 12.3 Å². The number of rotatable bonds is 5. The lowest BCUT2D eigenvalue weighted by Gasteiger charge is -2.11. The highest BCUT2D eigenvalue weighted by Gasteiger charge is 2.08. The van der Waals surface area contributed by atoms with Gasteiger partial charge in [0.1, 0.15) is 12.0 Å². The fraction of sp³-hybridized carbons (Fsp3) is 0.364. The molecule has 1 atom stereocenters. The highest BCUT2D eigenvalue weighted by Crippen LogP contribution is 2.20. The highest BCUT2D eigenvalue weighted by atomic mass is 16.5. The number of nitrogens with two attached hydrogens (primary N) is 1. The van der Waals surface area contributed by atoms with E-state index in [0.29, 0.717) is 13.0 Å². The summed E-state index contributed by atoms with van der Waals surface area (Å²) in [5.41, 5.74) is 6.65. The Morgan fingerprint density at radius 3 is 2.50 bits per heavy atom. The van der Waals surface area contributed by atoms with Gasteiger partial charge in [0.25, 0.3) is 0 Å². The molecule has 0 aliphatic heterocycles. The van der Waals surface area contributed by atoms with Crippen LogP contribution in [0, 0.1) is 0 Å². The Bertz CT molecular complexity index is 282. The third kappa shape index (κ3) is 2.57. The largest absolute Gasteiger partial charge is 0.497 e. The van der Waals surface area contributed by atoms with Crippen LogP contribution < -0.4 is 10.5 Å². The van der Waals surface area contributed by atoms with Gasteiger partial charge in [-0.15, -0.1) is 0 Å². The van der Waals surface area contributed by atoms with E-state index >= 15 is 0 Å². The van der Waals surface area contributed by atoms with Crippen LogP contribution in [0.1, 0.15) is 17.9 Å². The van der Waals surface area contributed by atoms with Gasteiger partial charge in [-0.3, -0.25) is 0 Å². The lowest BCUT2D eigenvalue weighted by atomic mass is 9.96. The molecule has 0 aromatic heterocycles. The third-order valence-corrected chi connectivity index (χ3v) is 2.25. The first kappa shape index (κ1) is 10.7. The third-order valence-electron chi connectivity index (χ3n) is 2.25. The van der Waals surface area contributed by atoms with Crippen molar-refractivity contribution in [2.75, 3.05) is 13.7 Å². The van der Waals surface area contributed by atoms with Crippen molar-refractivity contribution in [1.82, 2.24) is 0 Å². The number of hydrogen-bond donors (Lipinski definition) is 1. The van der Waals surface area contributed by atoms with Crippen LogP contribution in [0.25, 0.3) is 0 Å². The number of carbonyl (C=O) groups excluding carboxylic acids is 1. The molecule has 2 N–H and O–H groups in total. The molecular weight excluding hydrogens is 178 g/mol. The van der Waals surface area contributed by atoms with Gasteiger partial charge in [0.15, 0.2) is 0 Å². The quantitative estimate of drug-likeness (QED) is 0.718. The molecule has 0 amide bonds. The number of ether oxygens (including phenoxy) is 1. The number of benzene rings is 1. The second kappa shape index (κ2) is 5.40. The Kier molecular flexibility index (Phi) is 4.13. The maximum Gasteiger partial charge on any atom is 0.120 e. The summed E-state index contributed by atoms with van der Waals surface area (Å²) in [6.07, 6.45) is 1.38. The lowest BCUT2D eigenvalue weighted by Crippen LogP contribution is -2.12. The summed E-state index contributed by atoms with van der Waals surface area (Å²) in [4.78, 5) is 10.4. The molecule has 76 valence electrons. The van der Waals surface area contributed by atoms with Crippen LogP contribution >= 0.6 is 0 Å². The molecule has 0 spiro atoms. The minimum absolute atomic E-state index is 0.124. The molecule has 1 unspecified atom stereocenters. The van der Waals surface area contributed by atoms with E-state index in [1.165, 1.54) is 0 Å². The van der Waals surface area contributed by atoms with Crippen LogP contribution in [0.4, 0.5) is 0 Å². The molecule has 0 heterocycles. The SMILES string of the molecule is COc1ccc(C(CN)CC=O)cc1. The van der Waals surface area contributed by atoms with Crippen molar-refractivity contribution in [2.24, 2.45) is 5.73 Å². The molecular formula is C11H15NO2. The van der Waals surface area contributed by atoms with E-state index in [1.807, 2.05) is 24.3 Å². The van der Waals surface area contributed by atoms with Gasteiger partial charge in [-0.2, -0.15) is 0 Å². The normalized spacial score (nSPS) is 12.1. The first-order valence-electron chi connectivity index (χ1n) is 4.59. The molecule has 1 rings (SSSR count). The number of carbonyl (C=O) groups is 1. The van der Waals surface area contributed by atoms with Crippen LogP contribution in [0.5, 0.6) is 5.75 Å². The molecule has 0 saturated carbocycles. The van der Waals surface area contributed by atoms with Crippen LogP contribution in [0.2, 0.25) is 0 Å². The zero-order valence-electron chi connectivity index (χ0n) is 8.27. The smallest absolute Gasteiger partial charge is 0.120 e. The minimum Gasteiger partial charge on any atom is -0.497 e. The van der Waals surface area contributed by atoms with E-state index in [0.717, 1.165) is 17.6 Å². The fourth-order valence-corrected chi connectivity index (χ4v) is 1.36. The van der Waals surface area contributed by atoms with Gasteiger partial charge >= 0.3 is 0 Å². The summed E-state index contributed by atoms with van der Waals surface area (Å²) in [6.45, 7) is 0.491. The number of methoxy groups -OCH3 is 1. The lowest BCUT2D eigenvalue weighted by molar-refractivity contribution is -0.108. The summed E-state index contributed by atoms with van der Waals surface area (Å²) < 4.78 is 5.04. The van der Waals surface area contributed by atoms with Gasteiger partial charge in [0.2, 0.25) is 0 Å². The summed E-state index contributed by atoms with van der Waals surface area (Å²) >= 11 is 0. The van der Waals surface area contributed by atoms with Crippen molar-refractivity contribution in [3.8, 4) is 5.75 Å². The second-order valence-corrected chi connectivity index (χ2v) is 3.11. The van der Waals surface area contributed by atoms with E-state index in [2.05, 4.69) is 0 Å². The van der Waals surface area contributed by atoms with Crippen LogP contribution in [0.3, 0.4) is 0 Å². The number of hydrogen-bond acceptors (Lipinski definition) is 3. The Balaban J connectivity index is 2.77. The van der Waals surface area contributed by atoms with Crippen molar-refractivity contribution >= 4 is 6.29 Å². The van der Waals surface area contributed by atoms with Crippen LogP contribution in [0.15, 0.2) is 24.3 Å². The Morgan fingerprint density at radius 2 is 2.07 bits per heavy atom. The van der Waals surface area contributed by atoms with Gasteiger partial charge in [0.05, 0.1) is 7.11 Å². The van der Waals surface area contributed by atoms with Gasteiger partial charge in [-0.05, 0) is 24.2 Å². The first-order chi connectivity index (χ1) is 6.81. The van der Waals surface area contributed by atoms with Gasteiger partial charge < -0.3 is 15.3 Å². The molecule has 0 aliphatic carbocycles. The van der Waals surface area contributed by atoms with Crippen molar-refractivity contribution in [1.29, 1.82) is 0 Å². The zero-order chi connectivity index (χ0) is 10.4. The zero-order valence-corrected chi connectivity index (χ0v) is 8.27. The standard InChI is InChI=1S/C11H15NO2/c1-14-11-4-2-9(3-5-11)10(8-12)6-7-13/h2-5,7,10H,6,8,12H2,1H3. The fourth-order valence-electron chi connectivity index (χ4n) is 1.36. The molecule has 1 aromatic carbocycles. The van der Waals surface area contributed by atoms with E-state index in [9.17, 15) is 4.79 Å². The summed E-state index contributed by atoms with van der Waals surface area (Å²) in [6, 6.07) is 7.64. The summed E-state index contributed by atoms with van der Waals surface area (Å²) in [7, 11) is 1.63. The Labute approximate surface area is 83.9 Å². The average Bonchev–Trinajstić information content (AvgIpc) is 2.26. The van der Waals surface area contributed by atoms with Crippen molar-refractivity contribution in [3.05, 3.63) is 29.8 Å². The average molecular weight is 193 g/mol. The Morgan fingerprint density at radius 1 is 1.43 bits per heavy atom. The van der Waals surface area contributed by atoms with E-state index in [1.54, 1.807) is 7.11 Å². The maximum absolute atomic E-state index is 10.4. The molecule has 0 saturated heterocycles. The molecule has 0 aliphatic rings.